The molecule has 2 fully saturated rings. The first-order valence-corrected chi connectivity index (χ1v) is 16.9. The van der Waals surface area contributed by atoms with Gasteiger partial charge in [-0.05, 0) is 74.0 Å². The normalized spacial score (nSPS) is 42.0. The summed E-state index contributed by atoms with van der Waals surface area (Å²) >= 11 is 0. The van der Waals surface area contributed by atoms with Crippen molar-refractivity contribution in [2.24, 2.45) is 29.6 Å². The number of carbonyl (C=O) groups excluding carboxylic acids is 3. The summed E-state index contributed by atoms with van der Waals surface area (Å²) in [4.78, 5) is 43.7. The smallest absolute Gasteiger partial charge is 0.316 e. The minimum atomic E-state index is -1.56. The molecule has 0 aromatic carbocycles. The average molecular weight is 655 g/mol. The SMILES string of the molecule is C=CCNCC[C@H]1C(C)C(=O)[C@H](C)C[C@@](C)(OC)[C@H](O[C@@H]2O[C@H](C)C[C@H](N(C)C)[C@H]2O)[C@H](C)C(=O)C(C)C(=O)O[C@H](CC)[C@@]1(C)O. The van der Waals surface area contributed by atoms with Crippen LogP contribution in [0.1, 0.15) is 81.1 Å². The van der Waals surface area contributed by atoms with E-state index < -0.39 is 77.1 Å². The van der Waals surface area contributed by atoms with Gasteiger partial charge in [0.1, 0.15) is 29.5 Å². The van der Waals surface area contributed by atoms with Crippen LogP contribution in [0.2, 0.25) is 0 Å². The summed E-state index contributed by atoms with van der Waals surface area (Å²) in [5.74, 6) is -5.10. The van der Waals surface area contributed by atoms with E-state index in [-0.39, 0.29) is 30.8 Å². The molecule has 0 spiro atoms. The Hall–Kier alpha value is -1.73. The van der Waals surface area contributed by atoms with E-state index in [1.807, 2.05) is 39.8 Å². The topological polar surface area (TPSA) is 144 Å². The number of carbonyl (C=O) groups is 3. The monoisotopic (exact) mass is 654 g/mol. The number of cyclic esters (lactones) is 1. The van der Waals surface area contributed by atoms with Crippen molar-refractivity contribution in [3.05, 3.63) is 12.7 Å². The van der Waals surface area contributed by atoms with E-state index in [1.165, 1.54) is 14.0 Å². The fourth-order valence-electron chi connectivity index (χ4n) is 7.53. The van der Waals surface area contributed by atoms with Gasteiger partial charge >= 0.3 is 5.97 Å². The molecule has 2 rings (SSSR count). The number of ether oxygens (including phenoxy) is 4. The first kappa shape index (κ1) is 40.4. The Bertz CT molecular complexity index is 1040. The van der Waals surface area contributed by atoms with Crippen LogP contribution in [-0.4, -0.2) is 115 Å². The molecule has 2 aliphatic heterocycles. The maximum absolute atomic E-state index is 14.2. The van der Waals surface area contributed by atoms with Crippen molar-refractivity contribution in [1.29, 1.82) is 0 Å². The molecular weight excluding hydrogens is 592 g/mol. The Kier molecular flexibility index (Phi) is 15.0. The van der Waals surface area contributed by atoms with Gasteiger partial charge in [0.15, 0.2) is 12.1 Å². The third-order valence-corrected chi connectivity index (χ3v) is 10.5. The highest BCUT2D eigenvalue weighted by atomic mass is 16.7. The summed E-state index contributed by atoms with van der Waals surface area (Å²) in [6.07, 6.45) is -1.03. The zero-order chi connectivity index (χ0) is 35.1. The molecule has 0 amide bonds. The number of Topliss-reactive ketones (excluding diaryl/α,β-unsaturated/α-hetero) is 2. The van der Waals surface area contributed by atoms with Gasteiger partial charge in [-0.15, -0.1) is 6.58 Å². The molecule has 46 heavy (non-hydrogen) atoms. The Labute approximate surface area is 276 Å². The fourth-order valence-corrected chi connectivity index (χ4v) is 7.53. The lowest BCUT2D eigenvalue weighted by molar-refractivity contribution is -0.295. The second kappa shape index (κ2) is 17.1. The first-order valence-electron chi connectivity index (χ1n) is 16.9. The van der Waals surface area contributed by atoms with Crippen LogP contribution in [0.3, 0.4) is 0 Å². The number of ketones is 2. The van der Waals surface area contributed by atoms with Gasteiger partial charge in [-0.25, -0.2) is 0 Å². The van der Waals surface area contributed by atoms with E-state index in [9.17, 15) is 24.6 Å². The van der Waals surface area contributed by atoms with Crippen LogP contribution in [0.5, 0.6) is 0 Å². The highest BCUT2D eigenvalue weighted by Crippen LogP contribution is 2.40. The van der Waals surface area contributed by atoms with E-state index >= 15 is 0 Å². The molecule has 0 aliphatic carbocycles. The summed E-state index contributed by atoms with van der Waals surface area (Å²) in [5.41, 5.74) is -2.76. The zero-order valence-electron chi connectivity index (χ0n) is 30.1. The number of rotatable bonds is 10. The Balaban J connectivity index is 2.64. The van der Waals surface area contributed by atoms with Crippen molar-refractivity contribution in [2.45, 2.75) is 129 Å². The predicted molar refractivity (Wildman–Crippen MR) is 176 cm³/mol. The number of likely N-dealkylation sites (N-methyl/N-ethyl adjacent to an activating group) is 1. The van der Waals surface area contributed by atoms with Gasteiger partial charge < -0.3 is 39.4 Å². The molecule has 2 heterocycles. The van der Waals surface area contributed by atoms with Crippen molar-refractivity contribution in [3.8, 4) is 0 Å². The molecule has 13 atom stereocenters. The lowest BCUT2D eigenvalue weighted by atomic mass is 9.69. The molecule has 2 saturated heterocycles. The van der Waals surface area contributed by atoms with Gasteiger partial charge in [-0.2, -0.15) is 0 Å². The minimum Gasteiger partial charge on any atom is -0.459 e. The summed E-state index contributed by atoms with van der Waals surface area (Å²) in [5, 5.41) is 26.5. The maximum Gasteiger partial charge on any atom is 0.316 e. The van der Waals surface area contributed by atoms with Crippen molar-refractivity contribution >= 4 is 17.5 Å². The molecule has 0 bridgehead atoms. The Morgan fingerprint density at radius 1 is 1.09 bits per heavy atom. The molecule has 11 heteroatoms. The summed E-state index contributed by atoms with van der Waals surface area (Å²) < 4.78 is 24.6. The van der Waals surface area contributed by atoms with E-state index in [0.717, 1.165) is 0 Å². The standard InChI is InChI=1S/C35H62N2O9/c1-13-16-36-17-15-25-22(5)28(38)20(3)19-34(8,43-12)31(46-33-30(40)26(37(10)11)18-21(4)44-33)23(6)29(39)24(7)32(41)45-27(14-2)35(25,9)42/h13,20-27,30-31,33,36,40,42H,1,14-19H2,2-12H3/t20-,21-,22?,23-,24?,25+,26+,27-,30-,31-,33+,34-,35+/m1/s1. The quantitative estimate of drug-likeness (QED) is 0.138. The third-order valence-electron chi connectivity index (χ3n) is 10.5. The molecule has 11 nitrogen and oxygen atoms in total. The summed E-state index contributed by atoms with van der Waals surface area (Å²) in [7, 11) is 5.26. The van der Waals surface area contributed by atoms with E-state index in [1.54, 1.807) is 33.8 Å². The number of methoxy groups -OCH3 is 1. The molecule has 266 valence electrons. The van der Waals surface area contributed by atoms with Gasteiger partial charge in [0.05, 0.1) is 17.8 Å². The largest absolute Gasteiger partial charge is 0.459 e. The average Bonchev–Trinajstić information content (AvgIpc) is 3.00. The van der Waals surface area contributed by atoms with Crippen molar-refractivity contribution in [2.75, 3.05) is 34.3 Å². The lowest BCUT2D eigenvalue weighted by Gasteiger charge is -2.47. The van der Waals surface area contributed by atoms with Gasteiger partial charge in [-0.1, -0.05) is 33.8 Å². The van der Waals surface area contributed by atoms with Crippen LogP contribution in [0.4, 0.5) is 0 Å². The van der Waals surface area contributed by atoms with Crippen LogP contribution in [-0.2, 0) is 33.3 Å². The Morgan fingerprint density at radius 3 is 2.26 bits per heavy atom. The van der Waals surface area contributed by atoms with Gasteiger partial charge in [0.25, 0.3) is 0 Å². The number of esters is 1. The minimum absolute atomic E-state index is 0.0862. The van der Waals surface area contributed by atoms with Crippen LogP contribution >= 0.6 is 0 Å². The van der Waals surface area contributed by atoms with E-state index in [0.29, 0.717) is 25.9 Å². The van der Waals surface area contributed by atoms with Crippen LogP contribution < -0.4 is 5.32 Å². The second-order valence-electron chi connectivity index (χ2n) is 14.3. The highest BCUT2D eigenvalue weighted by Gasteiger charge is 2.52. The number of hydrogen-bond acceptors (Lipinski definition) is 11. The molecule has 0 aromatic rings. The number of hydrogen-bond donors (Lipinski definition) is 3. The molecule has 2 aliphatic rings. The molecule has 2 unspecified atom stereocenters. The molecule has 0 radical (unpaired) electrons. The summed E-state index contributed by atoms with van der Waals surface area (Å²) in [6, 6.07) is -0.251. The van der Waals surface area contributed by atoms with Crippen molar-refractivity contribution in [1.82, 2.24) is 10.2 Å². The van der Waals surface area contributed by atoms with E-state index in [4.69, 9.17) is 18.9 Å². The maximum atomic E-state index is 14.2. The third kappa shape index (κ3) is 9.24. The van der Waals surface area contributed by atoms with Gasteiger partial charge in [0.2, 0.25) is 0 Å². The van der Waals surface area contributed by atoms with Crippen LogP contribution in [0.25, 0.3) is 0 Å². The number of nitrogens with one attached hydrogen (secondary N) is 1. The summed E-state index contributed by atoms with van der Waals surface area (Å²) in [6.45, 7) is 18.7. The number of aliphatic hydroxyl groups is 2. The molecule has 0 aromatic heterocycles. The van der Waals surface area contributed by atoms with Crippen molar-refractivity contribution in [3.63, 3.8) is 0 Å². The first-order chi connectivity index (χ1) is 21.4. The fraction of sp³-hybridized carbons (Fsp3) is 0.857. The van der Waals surface area contributed by atoms with Crippen LogP contribution in [0.15, 0.2) is 12.7 Å². The van der Waals surface area contributed by atoms with E-state index in [2.05, 4.69) is 11.9 Å². The molecular formula is C35H62N2O9. The zero-order valence-corrected chi connectivity index (χ0v) is 30.1. The van der Waals surface area contributed by atoms with Crippen LogP contribution in [0, 0.1) is 29.6 Å². The lowest BCUT2D eigenvalue weighted by Crippen LogP contribution is -2.59. The Morgan fingerprint density at radius 2 is 1.72 bits per heavy atom. The van der Waals surface area contributed by atoms with Crippen molar-refractivity contribution < 1.29 is 43.5 Å². The molecule has 3 N–H and O–H groups in total. The van der Waals surface area contributed by atoms with Gasteiger partial charge in [0, 0.05) is 43.4 Å². The highest BCUT2D eigenvalue weighted by molar-refractivity contribution is 6.00. The number of aliphatic hydroxyl groups excluding tert-OH is 1. The van der Waals surface area contributed by atoms with Gasteiger partial charge in [-0.3, -0.25) is 14.4 Å². The predicted octanol–water partition coefficient (Wildman–Crippen LogP) is 3.14. The number of nitrogens with zero attached hydrogens (tertiary/aromatic N) is 1. The molecule has 0 saturated carbocycles. The second-order valence-corrected chi connectivity index (χ2v) is 14.3.